The van der Waals surface area contributed by atoms with Crippen LogP contribution in [0.4, 0.5) is 0 Å². The van der Waals surface area contributed by atoms with Gasteiger partial charge in [-0.3, -0.25) is 4.79 Å². The Bertz CT molecular complexity index is 506. The zero-order chi connectivity index (χ0) is 13.0. The van der Waals surface area contributed by atoms with Gasteiger partial charge in [0.15, 0.2) is 0 Å². The van der Waals surface area contributed by atoms with Crippen molar-refractivity contribution in [2.75, 3.05) is 13.7 Å². The molecule has 1 aromatic heterocycles. The molecule has 0 aliphatic carbocycles. The van der Waals surface area contributed by atoms with Crippen LogP contribution < -0.4 is 5.32 Å². The van der Waals surface area contributed by atoms with Crippen LogP contribution >= 0.6 is 11.3 Å². The molecule has 0 aliphatic heterocycles. The number of ether oxygens (including phenoxy) is 1. The Morgan fingerprint density at radius 2 is 2.28 bits per heavy atom. The number of para-hydroxylation sites is 1. The molecule has 0 radical (unpaired) electrons. The fraction of sp³-hybridized carbons (Fsp3) is 0.385. The van der Waals surface area contributed by atoms with E-state index in [0.717, 1.165) is 10.5 Å². The molecule has 0 saturated heterocycles. The van der Waals surface area contributed by atoms with E-state index in [1.807, 2.05) is 18.2 Å². The minimum atomic E-state index is -0.195. The zero-order valence-electron chi connectivity index (χ0n) is 10.5. The van der Waals surface area contributed by atoms with Gasteiger partial charge in [0.05, 0.1) is 29.8 Å². The van der Waals surface area contributed by atoms with Crippen LogP contribution in [0.5, 0.6) is 0 Å². The topological polar surface area (TPSA) is 51.2 Å². The lowest BCUT2D eigenvalue weighted by Crippen LogP contribution is -2.22. The molecule has 1 N–H and O–H groups in total. The summed E-state index contributed by atoms with van der Waals surface area (Å²) in [6, 6.07) is 8.22. The van der Waals surface area contributed by atoms with Gasteiger partial charge < -0.3 is 10.1 Å². The van der Waals surface area contributed by atoms with Gasteiger partial charge in [-0.1, -0.05) is 12.1 Å². The second kappa shape index (κ2) is 5.93. The molecule has 2 rings (SSSR count). The van der Waals surface area contributed by atoms with Gasteiger partial charge in [0.2, 0.25) is 0 Å². The summed E-state index contributed by atoms with van der Waals surface area (Å²) in [6.45, 7) is 2.65. The van der Waals surface area contributed by atoms with Gasteiger partial charge in [0.25, 0.3) is 0 Å². The largest absolute Gasteiger partial charge is 0.469 e. The average molecular weight is 264 g/mol. The molecule has 1 unspecified atom stereocenters. The van der Waals surface area contributed by atoms with Crippen molar-refractivity contribution in [3.8, 4) is 0 Å². The highest BCUT2D eigenvalue weighted by atomic mass is 32.1. The van der Waals surface area contributed by atoms with Crippen LogP contribution in [0, 0.1) is 0 Å². The number of rotatable bonds is 5. The number of esters is 1. The van der Waals surface area contributed by atoms with E-state index in [1.54, 1.807) is 11.3 Å². The van der Waals surface area contributed by atoms with Gasteiger partial charge in [0.1, 0.15) is 5.01 Å². The predicted molar refractivity (Wildman–Crippen MR) is 72.7 cm³/mol. The number of carbonyl (C=O) groups excluding carboxylic acids is 1. The van der Waals surface area contributed by atoms with Gasteiger partial charge in [-0.05, 0) is 19.1 Å². The number of carbonyl (C=O) groups is 1. The number of methoxy groups -OCH3 is 1. The highest BCUT2D eigenvalue weighted by molar-refractivity contribution is 7.18. The lowest BCUT2D eigenvalue weighted by atomic mass is 10.3. The summed E-state index contributed by atoms with van der Waals surface area (Å²) in [5, 5.41) is 4.31. The quantitative estimate of drug-likeness (QED) is 0.843. The molecule has 2 aromatic rings. The first kappa shape index (κ1) is 13.0. The van der Waals surface area contributed by atoms with Crippen molar-refractivity contribution in [2.24, 2.45) is 0 Å². The normalized spacial score (nSPS) is 12.6. The molecule has 0 fully saturated rings. The molecular formula is C13H16N2O2S. The minimum absolute atomic E-state index is 0.145. The predicted octanol–water partition coefficient (Wildman–Crippen LogP) is 2.51. The Labute approximate surface area is 110 Å². The molecule has 0 spiro atoms. The minimum Gasteiger partial charge on any atom is -0.469 e. The summed E-state index contributed by atoms with van der Waals surface area (Å²) >= 11 is 1.68. The van der Waals surface area contributed by atoms with E-state index >= 15 is 0 Å². The van der Waals surface area contributed by atoms with Crippen molar-refractivity contribution < 1.29 is 9.53 Å². The van der Waals surface area contributed by atoms with E-state index in [4.69, 9.17) is 0 Å². The van der Waals surface area contributed by atoms with E-state index in [1.165, 1.54) is 11.8 Å². The van der Waals surface area contributed by atoms with Crippen LogP contribution in [0.25, 0.3) is 10.2 Å². The Morgan fingerprint density at radius 1 is 1.50 bits per heavy atom. The number of hydrogen-bond donors (Lipinski definition) is 1. The fourth-order valence-electron chi connectivity index (χ4n) is 1.66. The molecule has 0 aliphatic rings. The van der Waals surface area contributed by atoms with Gasteiger partial charge in [-0.15, -0.1) is 11.3 Å². The molecule has 1 aromatic carbocycles. The highest BCUT2D eigenvalue weighted by Crippen LogP contribution is 2.25. The first-order valence-electron chi connectivity index (χ1n) is 5.86. The molecule has 96 valence electrons. The summed E-state index contributed by atoms with van der Waals surface area (Å²) in [7, 11) is 1.40. The maximum absolute atomic E-state index is 11.0. The van der Waals surface area contributed by atoms with Gasteiger partial charge >= 0.3 is 5.97 Å². The fourth-order valence-corrected chi connectivity index (χ4v) is 2.65. The molecule has 1 atom stereocenters. The second-order valence-corrected chi connectivity index (χ2v) is 5.08. The van der Waals surface area contributed by atoms with Crippen LogP contribution in [-0.2, 0) is 9.53 Å². The number of nitrogens with one attached hydrogen (secondary N) is 1. The molecule has 1 heterocycles. The van der Waals surface area contributed by atoms with Crippen molar-refractivity contribution in [3.05, 3.63) is 29.3 Å². The monoisotopic (exact) mass is 264 g/mol. The number of thiazole rings is 1. The third-order valence-electron chi connectivity index (χ3n) is 2.69. The Morgan fingerprint density at radius 3 is 3.00 bits per heavy atom. The Kier molecular flexibility index (Phi) is 4.28. The first-order chi connectivity index (χ1) is 8.70. The van der Waals surface area contributed by atoms with Crippen LogP contribution in [-0.4, -0.2) is 24.6 Å². The summed E-state index contributed by atoms with van der Waals surface area (Å²) in [4.78, 5) is 15.6. The smallest absolute Gasteiger partial charge is 0.306 e. The van der Waals surface area contributed by atoms with E-state index in [-0.39, 0.29) is 12.0 Å². The molecule has 18 heavy (non-hydrogen) atoms. The SMILES string of the molecule is COC(=O)CCNC(C)c1nc2ccccc2s1. The maximum Gasteiger partial charge on any atom is 0.306 e. The molecule has 4 nitrogen and oxygen atoms in total. The van der Waals surface area contributed by atoms with Gasteiger partial charge in [-0.2, -0.15) is 0 Å². The zero-order valence-corrected chi connectivity index (χ0v) is 11.3. The average Bonchev–Trinajstić information content (AvgIpc) is 2.82. The maximum atomic E-state index is 11.0. The van der Waals surface area contributed by atoms with Crippen LogP contribution in [0.15, 0.2) is 24.3 Å². The van der Waals surface area contributed by atoms with Crippen molar-refractivity contribution >= 4 is 27.5 Å². The third kappa shape index (κ3) is 3.05. The standard InChI is InChI=1S/C13H16N2O2S/c1-9(14-8-7-12(16)17-2)13-15-10-5-3-4-6-11(10)18-13/h3-6,9,14H,7-8H2,1-2H3. The first-order valence-corrected chi connectivity index (χ1v) is 6.68. The van der Waals surface area contributed by atoms with Crippen molar-refractivity contribution in [3.63, 3.8) is 0 Å². The molecule has 0 saturated carbocycles. The lowest BCUT2D eigenvalue weighted by Gasteiger charge is -2.09. The highest BCUT2D eigenvalue weighted by Gasteiger charge is 2.11. The van der Waals surface area contributed by atoms with Crippen LogP contribution in [0.3, 0.4) is 0 Å². The summed E-state index contributed by atoms with van der Waals surface area (Å²) < 4.78 is 5.78. The molecule has 0 amide bonds. The van der Waals surface area contributed by atoms with Crippen molar-refractivity contribution in [2.45, 2.75) is 19.4 Å². The number of benzene rings is 1. The van der Waals surface area contributed by atoms with Gasteiger partial charge in [0, 0.05) is 6.54 Å². The van der Waals surface area contributed by atoms with Crippen LogP contribution in [0.2, 0.25) is 0 Å². The van der Waals surface area contributed by atoms with E-state index in [9.17, 15) is 4.79 Å². The van der Waals surface area contributed by atoms with Gasteiger partial charge in [-0.25, -0.2) is 4.98 Å². The van der Waals surface area contributed by atoms with Crippen molar-refractivity contribution in [1.29, 1.82) is 0 Å². The van der Waals surface area contributed by atoms with E-state index < -0.39 is 0 Å². The summed E-state index contributed by atoms with van der Waals surface area (Å²) in [6.07, 6.45) is 0.381. The number of aromatic nitrogens is 1. The lowest BCUT2D eigenvalue weighted by molar-refractivity contribution is -0.140. The number of nitrogens with zero attached hydrogens (tertiary/aromatic N) is 1. The van der Waals surface area contributed by atoms with E-state index in [2.05, 4.69) is 28.0 Å². The molecular weight excluding hydrogens is 248 g/mol. The van der Waals surface area contributed by atoms with E-state index in [0.29, 0.717) is 13.0 Å². The molecule has 5 heteroatoms. The Balaban J connectivity index is 1.96. The number of hydrogen-bond acceptors (Lipinski definition) is 5. The Hall–Kier alpha value is -1.46. The summed E-state index contributed by atoms with van der Waals surface area (Å²) in [5.74, 6) is -0.195. The second-order valence-electron chi connectivity index (χ2n) is 4.02. The van der Waals surface area contributed by atoms with Crippen molar-refractivity contribution in [1.82, 2.24) is 10.3 Å². The van der Waals surface area contributed by atoms with Crippen LogP contribution in [0.1, 0.15) is 24.4 Å². The molecule has 0 bridgehead atoms. The third-order valence-corrected chi connectivity index (χ3v) is 3.91. The number of fused-ring (bicyclic) bond motifs is 1. The summed E-state index contributed by atoms with van der Waals surface area (Å²) in [5.41, 5.74) is 1.03.